The summed E-state index contributed by atoms with van der Waals surface area (Å²) in [7, 11) is 4.44. The van der Waals surface area contributed by atoms with Gasteiger partial charge in [0.1, 0.15) is 0 Å². The molecule has 1 aliphatic carbocycles. The van der Waals surface area contributed by atoms with Crippen molar-refractivity contribution in [1.82, 2.24) is 10.2 Å². The summed E-state index contributed by atoms with van der Waals surface area (Å²) in [4.78, 5) is 2.67. The zero-order valence-corrected chi connectivity index (χ0v) is 13.2. The van der Waals surface area contributed by atoms with Crippen LogP contribution in [-0.4, -0.2) is 49.8 Å². The first-order valence-electron chi connectivity index (χ1n) is 8.12. The van der Waals surface area contributed by atoms with Crippen LogP contribution < -0.4 is 5.32 Å². The Kier molecular flexibility index (Phi) is 5.67. The van der Waals surface area contributed by atoms with E-state index in [0.29, 0.717) is 12.0 Å². The summed E-state index contributed by atoms with van der Waals surface area (Å²) in [6.45, 7) is 5.51. The molecule has 0 aromatic carbocycles. The average Bonchev–Trinajstić information content (AvgIpc) is 2.46. The van der Waals surface area contributed by atoms with Gasteiger partial charge in [0.2, 0.25) is 0 Å². The maximum absolute atomic E-state index is 5.90. The summed E-state index contributed by atoms with van der Waals surface area (Å²) >= 11 is 0. The topological polar surface area (TPSA) is 24.5 Å². The highest BCUT2D eigenvalue weighted by Crippen LogP contribution is 2.29. The number of hydrogen-bond donors (Lipinski definition) is 1. The Balaban J connectivity index is 1.84. The highest BCUT2D eigenvalue weighted by Gasteiger charge is 2.32. The fourth-order valence-electron chi connectivity index (χ4n) is 3.71. The molecule has 0 aromatic rings. The van der Waals surface area contributed by atoms with Gasteiger partial charge >= 0.3 is 0 Å². The minimum Gasteiger partial charge on any atom is -0.378 e. The molecule has 0 spiro atoms. The van der Waals surface area contributed by atoms with Gasteiger partial charge in [-0.15, -0.1) is 0 Å². The highest BCUT2D eigenvalue weighted by molar-refractivity contribution is 4.87. The third-order valence-electron chi connectivity index (χ3n) is 5.29. The molecule has 1 heterocycles. The fraction of sp³-hybridized carbons (Fsp3) is 1.00. The van der Waals surface area contributed by atoms with Crippen LogP contribution in [0.5, 0.6) is 0 Å². The van der Waals surface area contributed by atoms with Gasteiger partial charge in [-0.05, 0) is 58.5 Å². The molecular formula is C16H32N2O. The Morgan fingerprint density at radius 2 is 1.74 bits per heavy atom. The van der Waals surface area contributed by atoms with Gasteiger partial charge in [0, 0.05) is 24.7 Å². The minimum atomic E-state index is 0.467. The first-order chi connectivity index (χ1) is 9.11. The molecule has 1 saturated heterocycles. The Hall–Kier alpha value is -0.120. The van der Waals surface area contributed by atoms with Gasteiger partial charge in [-0.3, -0.25) is 0 Å². The SMILES string of the molecule is CNC1CCC(N(C)C2CCOC(C(C)C)C2)CC1. The summed E-state index contributed by atoms with van der Waals surface area (Å²) in [5.74, 6) is 0.649. The number of hydrogen-bond acceptors (Lipinski definition) is 3. The molecule has 0 radical (unpaired) electrons. The first kappa shape index (κ1) is 15.3. The standard InChI is InChI=1S/C16H32N2O/c1-12(2)16-11-15(9-10-19-16)18(4)14-7-5-13(17-3)6-8-14/h12-17H,5-11H2,1-4H3. The third-order valence-corrected chi connectivity index (χ3v) is 5.29. The molecular weight excluding hydrogens is 236 g/mol. The third kappa shape index (κ3) is 3.93. The normalized spacial score (nSPS) is 36.9. The first-order valence-corrected chi connectivity index (χ1v) is 8.12. The van der Waals surface area contributed by atoms with Crippen LogP contribution in [0.2, 0.25) is 0 Å². The summed E-state index contributed by atoms with van der Waals surface area (Å²) in [6.07, 6.45) is 8.28. The number of nitrogens with one attached hydrogen (secondary N) is 1. The van der Waals surface area contributed by atoms with Gasteiger partial charge in [-0.2, -0.15) is 0 Å². The monoisotopic (exact) mass is 268 g/mol. The predicted molar refractivity (Wildman–Crippen MR) is 80.5 cm³/mol. The summed E-state index contributed by atoms with van der Waals surface area (Å²) in [6, 6.07) is 2.28. The molecule has 1 aliphatic heterocycles. The van der Waals surface area contributed by atoms with E-state index in [9.17, 15) is 0 Å². The van der Waals surface area contributed by atoms with Gasteiger partial charge in [0.15, 0.2) is 0 Å². The second-order valence-corrected chi connectivity index (χ2v) is 6.79. The molecule has 19 heavy (non-hydrogen) atoms. The van der Waals surface area contributed by atoms with E-state index < -0.39 is 0 Å². The Morgan fingerprint density at radius 3 is 2.32 bits per heavy atom. The predicted octanol–water partition coefficient (Wildman–Crippen LogP) is 2.65. The van der Waals surface area contributed by atoms with Gasteiger partial charge in [-0.1, -0.05) is 13.8 Å². The molecule has 2 aliphatic rings. The lowest BCUT2D eigenvalue weighted by Crippen LogP contribution is -2.48. The molecule has 0 aromatic heterocycles. The van der Waals surface area contributed by atoms with Gasteiger partial charge in [0.05, 0.1) is 6.10 Å². The molecule has 112 valence electrons. The highest BCUT2D eigenvalue weighted by atomic mass is 16.5. The van der Waals surface area contributed by atoms with Gasteiger partial charge < -0.3 is 15.0 Å². The van der Waals surface area contributed by atoms with E-state index >= 15 is 0 Å². The van der Waals surface area contributed by atoms with Crippen molar-refractivity contribution in [3.8, 4) is 0 Å². The summed E-state index contributed by atoms with van der Waals surface area (Å²) < 4.78 is 5.90. The quantitative estimate of drug-likeness (QED) is 0.848. The number of ether oxygens (including phenoxy) is 1. The molecule has 3 nitrogen and oxygen atoms in total. The summed E-state index contributed by atoms with van der Waals surface area (Å²) in [5.41, 5.74) is 0. The van der Waals surface area contributed by atoms with Crippen molar-refractivity contribution in [2.75, 3.05) is 20.7 Å². The molecule has 2 atom stereocenters. The van der Waals surface area contributed by atoms with Crippen molar-refractivity contribution in [1.29, 1.82) is 0 Å². The number of rotatable bonds is 4. The molecule has 2 unspecified atom stereocenters. The summed E-state index contributed by atoms with van der Waals surface area (Å²) in [5, 5.41) is 3.43. The van der Waals surface area contributed by atoms with Crippen LogP contribution in [0.3, 0.4) is 0 Å². The molecule has 0 amide bonds. The minimum absolute atomic E-state index is 0.467. The zero-order chi connectivity index (χ0) is 13.8. The second kappa shape index (κ2) is 7.05. The van der Waals surface area contributed by atoms with Crippen molar-refractivity contribution < 1.29 is 4.74 Å². The average molecular weight is 268 g/mol. The number of nitrogens with zero attached hydrogens (tertiary/aromatic N) is 1. The van der Waals surface area contributed by atoms with Crippen molar-refractivity contribution in [3.63, 3.8) is 0 Å². The van der Waals surface area contributed by atoms with Crippen LogP contribution in [0.15, 0.2) is 0 Å². The molecule has 2 fully saturated rings. The molecule has 3 heteroatoms. The van der Waals surface area contributed by atoms with E-state index in [4.69, 9.17) is 4.74 Å². The van der Waals surface area contributed by atoms with E-state index in [0.717, 1.165) is 24.7 Å². The van der Waals surface area contributed by atoms with Crippen molar-refractivity contribution >= 4 is 0 Å². The molecule has 1 N–H and O–H groups in total. The maximum atomic E-state index is 5.90. The lowest BCUT2D eigenvalue weighted by molar-refractivity contribution is -0.0535. The molecule has 0 bridgehead atoms. The van der Waals surface area contributed by atoms with Crippen LogP contribution in [0.4, 0.5) is 0 Å². The Morgan fingerprint density at radius 1 is 1.05 bits per heavy atom. The van der Waals surface area contributed by atoms with Crippen LogP contribution in [-0.2, 0) is 4.74 Å². The Bertz CT molecular complexity index is 261. The largest absolute Gasteiger partial charge is 0.378 e. The van der Waals surface area contributed by atoms with E-state index in [1.54, 1.807) is 0 Å². The van der Waals surface area contributed by atoms with E-state index in [-0.39, 0.29) is 0 Å². The van der Waals surface area contributed by atoms with Crippen molar-refractivity contribution in [2.45, 2.75) is 76.6 Å². The van der Waals surface area contributed by atoms with E-state index in [2.05, 4.69) is 38.2 Å². The van der Waals surface area contributed by atoms with Gasteiger partial charge in [0.25, 0.3) is 0 Å². The molecule has 1 saturated carbocycles. The van der Waals surface area contributed by atoms with Crippen molar-refractivity contribution in [3.05, 3.63) is 0 Å². The lowest BCUT2D eigenvalue weighted by Gasteiger charge is -2.43. The van der Waals surface area contributed by atoms with Crippen LogP contribution >= 0.6 is 0 Å². The maximum Gasteiger partial charge on any atom is 0.0612 e. The smallest absolute Gasteiger partial charge is 0.0612 e. The molecule has 2 rings (SSSR count). The van der Waals surface area contributed by atoms with Crippen LogP contribution in [0.1, 0.15) is 52.4 Å². The second-order valence-electron chi connectivity index (χ2n) is 6.79. The zero-order valence-electron chi connectivity index (χ0n) is 13.2. The lowest BCUT2D eigenvalue weighted by atomic mass is 9.87. The fourth-order valence-corrected chi connectivity index (χ4v) is 3.71. The Labute approximate surface area is 119 Å². The van der Waals surface area contributed by atoms with Crippen LogP contribution in [0, 0.1) is 5.92 Å². The van der Waals surface area contributed by atoms with E-state index in [1.807, 2.05) is 0 Å². The van der Waals surface area contributed by atoms with Gasteiger partial charge in [-0.25, -0.2) is 0 Å². The van der Waals surface area contributed by atoms with Crippen molar-refractivity contribution in [2.24, 2.45) is 5.92 Å². The van der Waals surface area contributed by atoms with E-state index in [1.165, 1.54) is 38.5 Å². The van der Waals surface area contributed by atoms with Crippen LogP contribution in [0.25, 0.3) is 0 Å².